The van der Waals surface area contributed by atoms with Crippen LogP contribution in [0, 0.1) is 0 Å². The second kappa shape index (κ2) is 4.21. The Hall–Kier alpha value is 0.300. The third-order valence-electron chi connectivity index (χ3n) is 0.182. The van der Waals surface area contributed by atoms with Crippen LogP contribution in [0.5, 0.6) is 0 Å². The van der Waals surface area contributed by atoms with E-state index in [0.717, 1.165) is 0 Å². The van der Waals surface area contributed by atoms with Crippen LogP contribution in [0.2, 0.25) is 0 Å². The molecule has 0 aliphatic rings. The van der Waals surface area contributed by atoms with Crippen molar-refractivity contribution < 1.29 is 15.0 Å². The molecule has 0 spiro atoms. The van der Waals surface area contributed by atoms with Crippen LogP contribution in [-0.4, -0.2) is 15.9 Å². The minimum Gasteiger partial charge on any atom is -0.417 e. The van der Waals surface area contributed by atoms with Crippen molar-refractivity contribution in [3.05, 3.63) is 0 Å². The van der Waals surface area contributed by atoms with Crippen molar-refractivity contribution in [3.8, 4) is 0 Å². The molecule has 0 atom stereocenters. The quantitative estimate of drug-likeness (QED) is 0.441. The van der Waals surface area contributed by atoms with E-state index < -0.39 is 3.98 Å². The van der Waals surface area contributed by atoms with Crippen molar-refractivity contribution >= 4 is 41.3 Å². The highest BCUT2D eigenvalue weighted by molar-refractivity contribution is 6.66. The third-order valence-corrected chi connectivity index (χ3v) is 0.449. The van der Waals surface area contributed by atoms with Crippen LogP contribution in [-0.2, 0) is 9.53 Å². The fourth-order valence-electron chi connectivity index (χ4n) is 0.0546. The maximum Gasteiger partial charge on any atom is 0.340 e. The van der Waals surface area contributed by atoms with Gasteiger partial charge in [-0.2, -0.15) is 0 Å². The molecule has 0 saturated heterocycles. The SMILES string of the molecule is O.O=COC(Cl)(Cl)Cl. The lowest BCUT2D eigenvalue weighted by atomic mass is 11.5. The summed E-state index contributed by atoms with van der Waals surface area (Å²) in [6, 6.07) is 0. The molecule has 0 amide bonds. The molecule has 0 bridgehead atoms. The van der Waals surface area contributed by atoms with Crippen LogP contribution in [0.25, 0.3) is 0 Å². The Balaban J connectivity index is 0. The van der Waals surface area contributed by atoms with E-state index in [1.54, 1.807) is 0 Å². The molecule has 50 valence electrons. The molecule has 0 heterocycles. The summed E-state index contributed by atoms with van der Waals surface area (Å²) in [7, 11) is 0. The molecule has 0 aromatic carbocycles. The molecule has 3 nitrogen and oxygen atoms in total. The van der Waals surface area contributed by atoms with Crippen molar-refractivity contribution in [2.45, 2.75) is 3.98 Å². The first-order valence-electron chi connectivity index (χ1n) is 1.24. The number of hydrogen-bond acceptors (Lipinski definition) is 2. The van der Waals surface area contributed by atoms with Gasteiger partial charge in [-0.3, -0.25) is 4.79 Å². The normalized spacial score (nSPS) is 9.38. The molecule has 0 aromatic heterocycles. The predicted molar refractivity (Wildman–Crippen MR) is 31.1 cm³/mol. The maximum absolute atomic E-state index is 9.34. The average molecular weight is 181 g/mol. The van der Waals surface area contributed by atoms with Gasteiger partial charge >= 0.3 is 3.98 Å². The summed E-state index contributed by atoms with van der Waals surface area (Å²) in [5.41, 5.74) is 0. The van der Waals surface area contributed by atoms with E-state index in [4.69, 9.17) is 34.8 Å². The number of carbonyl (C=O) groups is 1. The zero-order chi connectivity index (χ0) is 5.91. The van der Waals surface area contributed by atoms with Gasteiger partial charge in [0.15, 0.2) is 0 Å². The topological polar surface area (TPSA) is 57.8 Å². The number of ether oxygens (including phenoxy) is 1. The minimum absolute atomic E-state index is 0. The van der Waals surface area contributed by atoms with Gasteiger partial charge in [-0.15, -0.1) is 0 Å². The molecular formula is C2H3Cl3O3. The van der Waals surface area contributed by atoms with Crippen molar-refractivity contribution in [1.29, 1.82) is 0 Å². The van der Waals surface area contributed by atoms with Gasteiger partial charge in [0, 0.05) is 0 Å². The summed E-state index contributed by atoms with van der Waals surface area (Å²) in [5.74, 6) is 0. The van der Waals surface area contributed by atoms with E-state index in [1.165, 1.54) is 0 Å². The molecule has 0 aliphatic heterocycles. The largest absolute Gasteiger partial charge is 0.417 e. The van der Waals surface area contributed by atoms with Crippen LogP contribution in [0.15, 0.2) is 0 Å². The van der Waals surface area contributed by atoms with E-state index in [9.17, 15) is 4.79 Å². The van der Waals surface area contributed by atoms with E-state index in [0.29, 0.717) is 0 Å². The molecule has 2 N–H and O–H groups in total. The van der Waals surface area contributed by atoms with Crippen LogP contribution in [0.1, 0.15) is 0 Å². The lowest BCUT2D eigenvalue weighted by Crippen LogP contribution is -2.05. The first-order valence-corrected chi connectivity index (χ1v) is 2.38. The fraction of sp³-hybridized carbons (Fsp3) is 0.500. The zero-order valence-corrected chi connectivity index (χ0v) is 5.80. The molecule has 0 aromatic rings. The molecule has 0 radical (unpaired) electrons. The first-order chi connectivity index (χ1) is 3.06. The van der Waals surface area contributed by atoms with Crippen LogP contribution in [0.4, 0.5) is 0 Å². The molecule has 0 aliphatic carbocycles. The highest BCUT2D eigenvalue weighted by Gasteiger charge is 2.19. The van der Waals surface area contributed by atoms with E-state index >= 15 is 0 Å². The molecule has 8 heavy (non-hydrogen) atoms. The van der Waals surface area contributed by atoms with Crippen LogP contribution in [0.3, 0.4) is 0 Å². The van der Waals surface area contributed by atoms with Crippen molar-refractivity contribution in [2.24, 2.45) is 0 Å². The van der Waals surface area contributed by atoms with Crippen LogP contribution < -0.4 is 0 Å². The van der Waals surface area contributed by atoms with E-state index in [2.05, 4.69) is 4.74 Å². The number of rotatable bonds is 1. The summed E-state index contributed by atoms with van der Waals surface area (Å²) in [6.45, 7) is 0.0625. The average Bonchev–Trinajstić information content (AvgIpc) is 1.30. The smallest absolute Gasteiger partial charge is 0.340 e. The summed E-state index contributed by atoms with van der Waals surface area (Å²) in [4.78, 5) is 9.34. The first kappa shape index (κ1) is 11.1. The van der Waals surface area contributed by atoms with Crippen molar-refractivity contribution in [2.75, 3.05) is 0 Å². The Labute approximate surface area is 60.8 Å². The summed E-state index contributed by atoms with van der Waals surface area (Å²) >= 11 is 14.7. The second-order valence-corrected chi connectivity index (χ2v) is 2.84. The zero-order valence-electron chi connectivity index (χ0n) is 3.53. The van der Waals surface area contributed by atoms with Gasteiger partial charge in [0.25, 0.3) is 6.47 Å². The van der Waals surface area contributed by atoms with Crippen molar-refractivity contribution in [3.63, 3.8) is 0 Å². The van der Waals surface area contributed by atoms with Gasteiger partial charge in [0.2, 0.25) is 0 Å². The second-order valence-electron chi connectivity index (χ2n) is 0.660. The number of hydrogen-bond donors (Lipinski definition) is 0. The molecule has 0 unspecified atom stereocenters. The van der Waals surface area contributed by atoms with Gasteiger partial charge in [-0.05, 0) is 34.8 Å². The summed E-state index contributed by atoms with van der Waals surface area (Å²) in [5, 5.41) is 0. The third kappa shape index (κ3) is 9.57. The summed E-state index contributed by atoms with van der Waals surface area (Å²) < 4.78 is 1.94. The number of carbonyl (C=O) groups excluding carboxylic acids is 1. The lowest BCUT2D eigenvalue weighted by Gasteiger charge is -2.04. The van der Waals surface area contributed by atoms with Gasteiger partial charge < -0.3 is 10.2 Å². The monoisotopic (exact) mass is 180 g/mol. The molecule has 0 saturated carbocycles. The molecular weight excluding hydrogens is 178 g/mol. The summed E-state index contributed by atoms with van der Waals surface area (Å²) in [6.07, 6.45) is 0. The van der Waals surface area contributed by atoms with E-state index in [-0.39, 0.29) is 11.9 Å². The maximum atomic E-state index is 9.34. The molecule has 0 fully saturated rings. The molecule has 0 rings (SSSR count). The van der Waals surface area contributed by atoms with Gasteiger partial charge in [-0.1, -0.05) is 0 Å². The van der Waals surface area contributed by atoms with Gasteiger partial charge in [0.05, 0.1) is 0 Å². The van der Waals surface area contributed by atoms with E-state index in [1.807, 2.05) is 0 Å². The Morgan fingerprint density at radius 3 is 1.75 bits per heavy atom. The Morgan fingerprint density at radius 1 is 1.38 bits per heavy atom. The van der Waals surface area contributed by atoms with Gasteiger partial charge in [-0.25, -0.2) is 0 Å². The minimum atomic E-state index is -1.90. The molecule has 6 heteroatoms. The standard InChI is InChI=1S/C2HCl3O2.H2O/c3-2(4,5)7-1-6;/h1H;1H2. The highest BCUT2D eigenvalue weighted by atomic mass is 35.6. The number of halogens is 3. The Bertz CT molecular complexity index is 67.4. The van der Waals surface area contributed by atoms with Crippen molar-refractivity contribution in [1.82, 2.24) is 0 Å². The Morgan fingerprint density at radius 2 is 1.75 bits per heavy atom. The highest BCUT2D eigenvalue weighted by Crippen LogP contribution is 2.25. The predicted octanol–water partition coefficient (Wildman–Crippen LogP) is 0.662. The fourth-order valence-corrected chi connectivity index (χ4v) is 0.164. The van der Waals surface area contributed by atoms with Crippen LogP contribution >= 0.6 is 34.8 Å². The van der Waals surface area contributed by atoms with Gasteiger partial charge in [0.1, 0.15) is 0 Å². The Kier molecular flexibility index (Phi) is 5.86. The number of alkyl halides is 3. The lowest BCUT2D eigenvalue weighted by molar-refractivity contribution is -0.129.